The van der Waals surface area contributed by atoms with Gasteiger partial charge in [-0.05, 0) is 87.5 Å². The smallest absolute Gasteiger partial charge is 0.253 e. The summed E-state index contributed by atoms with van der Waals surface area (Å²) in [6, 6.07) is 16.4. The van der Waals surface area contributed by atoms with Gasteiger partial charge in [0.1, 0.15) is 19.0 Å². The van der Waals surface area contributed by atoms with Crippen LogP contribution < -0.4 is 29.9 Å². The molecule has 2 N–H and O–H groups in total. The van der Waals surface area contributed by atoms with Crippen molar-refractivity contribution < 1.29 is 19.1 Å². The highest BCUT2D eigenvalue weighted by atomic mass is 16.6. The van der Waals surface area contributed by atoms with Crippen molar-refractivity contribution in [2.45, 2.75) is 51.2 Å². The van der Waals surface area contributed by atoms with Crippen LogP contribution in [0.3, 0.4) is 0 Å². The predicted octanol–water partition coefficient (Wildman–Crippen LogP) is 4.02. The van der Waals surface area contributed by atoms with Crippen molar-refractivity contribution in [3.05, 3.63) is 77.0 Å². The molecule has 3 aromatic rings. The van der Waals surface area contributed by atoms with E-state index in [0.29, 0.717) is 54.3 Å². The Morgan fingerprint density at radius 3 is 2.50 bits per heavy atom. The number of fused-ring (bicyclic) bond motifs is 2. The van der Waals surface area contributed by atoms with Crippen LogP contribution >= 0.6 is 0 Å². The number of nitrogens with one attached hydrogen (secondary N) is 2. The fourth-order valence-corrected chi connectivity index (χ4v) is 7.51. The summed E-state index contributed by atoms with van der Waals surface area (Å²) in [5.41, 5.74) is 4.31. The maximum Gasteiger partial charge on any atom is 0.253 e. The number of benzene rings is 2. The summed E-state index contributed by atoms with van der Waals surface area (Å²) in [6.07, 6.45) is 5.74. The Morgan fingerprint density at radius 2 is 1.72 bits per heavy atom. The van der Waals surface area contributed by atoms with Gasteiger partial charge in [0.25, 0.3) is 11.8 Å². The number of pyridine rings is 1. The van der Waals surface area contributed by atoms with Gasteiger partial charge in [0.15, 0.2) is 11.5 Å². The van der Waals surface area contributed by atoms with Gasteiger partial charge >= 0.3 is 0 Å². The van der Waals surface area contributed by atoms with Crippen LogP contribution in [0.25, 0.3) is 0 Å². The predicted molar refractivity (Wildman–Crippen MR) is 178 cm³/mol. The van der Waals surface area contributed by atoms with Crippen LogP contribution in [0.2, 0.25) is 0 Å². The number of hydrogen-bond acceptors (Lipinski definition) is 8. The van der Waals surface area contributed by atoms with Gasteiger partial charge in [0.2, 0.25) is 0 Å². The van der Waals surface area contributed by atoms with Crippen LogP contribution in [0.5, 0.6) is 11.5 Å². The molecule has 3 aliphatic heterocycles. The number of anilines is 2. The van der Waals surface area contributed by atoms with Gasteiger partial charge in [-0.1, -0.05) is 12.1 Å². The molecule has 242 valence electrons. The number of ether oxygens (including phenoxy) is 2. The highest BCUT2D eigenvalue weighted by Crippen LogP contribution is 2.40. The number of carbonyl (C=O) groups excluding carboxylic acids is 2. The van der Waals surface area contributed by atoms with Crippen LogP contribution in [0.15, 0.2) is 54.7 Å². The van der Waals surface area contributed by atoms with Crippen molar-refractivity contribution in [1.29, 1.82) is 0 Å². The van der Waals surface area contributed by atoms with Gasteiger partial charge in [-0.25, -0.2) is 4.98 Å². The molecule has 1 aliphatic carbocycles. The molecule has 1 saturated carbocycles. The molecule has 2 amide bonds. The van der Waals surface area contributed by atoms with Crippen molar-refractivity contribution in [3.63, 3.8) is 0 Å². The summed E-state index contributed by atoms with van der Waals surface area (Å²) in [6.45, 7) is 8.55. The Morgan fingerprint density at radius 1 is 0.913 bits per heavy atom. The molecule has 10 heteroatoms. The van der Waals surface area contributed by atoms with E-state index in [1.54, 1.807) is 6.20 Å². The van der Waals surface area contributed by atoms with Crippen molar-refractivity contribution in [3.8, 4) is 11.5 Å². The number of aromatic nitrogens is 1. The second-order valence-electron chi connectivity index (χ2n) is 13.1. The normalized spacial score (nSPS) is 22.7. The zero-order valence-electron chi connectivity index (χ0n) is 26.8. The molecule has 0 spiro atoms. The molecule has 0 bridgehead atoms. The Hall–Kier alpha value is -4.31. The third kappa shape index (κ3) is 6.35. The van der Waals surface area contributed by atoms with E-state index in [-0.39, 0.29) is 17.9 Å². The van der Waals surface area contributed by atoms with Gasteiger partial charge in [0, 0.05) is 74.4 Å². The fourth-order valence-electron chi connectivity index (χ4n) is 7.51. The maximum atomic E-state index is 13.3. The van der Waals surface area contributed by atoms with E-state index in [0.717, 1.165) is 75.4 Å². The van der Waals surface area contributed by atoms with Gasteiger partial charge in [-0.2, -0.15) is 0 Å². The zero-order chi connectivity index (χ0) is 31.6. The van der Waals surface area contributed by atoms with Gasteiger partial charge < -0.3 is 34.8 Å². The Kier molecular flexibility index (Phi) is 8.71. The van der Waals surface area contributed by atoms with Crippen LogP contribution in [0.4, 0.5) is 11.5 Å². The monoisotopic (exact) mass is 624 g/mol. The Bertz CT molecular complexity index is 1550. The van der Waals surface area contributed by atoms with E-state index < -0.39 is 0 Å². The number of piperazine rings is 1. The molecule has 1 aromatic heterocycles. The number of piperidine rings is 1. The number of amides is 2. The van der Waals surface area contributed by atoms with E-state index in [9.17, 15) is 9.59 Å². The molecule has 3 fully saturated rings. The molecular formula is C36H44N6O4. The minimum absolute atomic E-state index is 0.0656. The topological polar surface area (TPSA) is 99.3 Å². The molecule has 3 atom stereocenters. The molecule has 4 heterocycles. The second kappa shape index (κ2) is 13.2. The first kappa shape index (κ1) is 30.3. The van der Waals surface area contributed by atoms with Crippen molar-refractivity contribution in [2.75, 3.05) is 62.8 Å². The first-order valence-corrected chi connectivity index (χ1v) is 16.7. The fraction of sp³-hybridized carbons (Fsp3) is 0.472. The first-order valence-electron chi connectivity index (χ1n) is 16.7. The lowest BCUT2D eigenvalue weighted by atomic mass is 9.92. The number of hydrogen-bond donors (Lipinski definition) is 2. The second-order valence-corrected chi connectivity index (χ2v) is 13.1. The van der Waals surface area contributed by atoms with Crippen LogP contribution in [-0.4, -0.2) is 86.8 Å². The summed E-state index contributed by atoms with van der Waals surface area (Å²) in [4.78, 5) is 38.2. The number of rotatable bonds is 7. The standard InChI is InChI=1S/C36H44N6O4/c1-24-30(10-11-32-34(24)46-19-18-45-32)36(44)39-28-20-26-4-3-13-42(31(26)21-28)33-12-7-27(23-37-33)35(43)38-22-25-5-8-29(9-6-25)41-16-14-40(2)15-17-41/h5-12,23,26,28,31H,3-4,13-22H2,1-2H3,(H,38,43)(H,39,44). The minimum Gasteiger partial charge on any atom is -0.486 e. The van der Waals surface area contributed by atoms with Gasteiger partial charge in [-0.15, -0.1) is 0 Å². The van der Waals surface area contributed by atoms with Crippen molar-refractivity contribution in [2.24, 2.45) is 5.92 Å². The molecular weight excluding hydrogens is 580 g/mol. The van der Waals surface area contributed by atoms with E-state index in [1.165, 1.54) is 5.69 Å². The van der Waals surface area contributed by atoms with Crippen molar-refractivity contribution >= 4 is 23.3 Å². The summed E-state index contributed by atoms with van der Waals surface area (Å²) in [5.74, 6) is 2.56. The lowest BCUT2D eigenvalue weighted by molar-refractivity contribution is 0.0931. The van der Waals surface area contributed by atoms with Gasteiger partial charge in [-0.3, -0.25) is 9.59 Å². The third-order valence-electron chi connectivity index (χ3n) is 10.1. The number of carbonyl (C=O) groups is 2. The average Bonchev–Trinajstić information content (AvgIpc) is 3.51. The molecule has 0 radical (unpaired) electrons. The van der Waals surface area contributed by atoms with E-state index in [1.807, 2.05) is 31.2 Å². The highest BCUT2D eigenvalue weighted by Gasteiger charge is 2.41. The SMILES string of the molecule is Cc1c(C(=O)NC2CC3CCCN(c4ccc(C(=O)NCc5ccc(N6CCN(C)CC6)cc5)cn4)C3C2)ccc2c1OCCO2. The lowest BCUT2D eigenvalue weighted by Crippen LogP contribution is -2.44. The lowest BCUT2D eigenvalue weighted by Gasteiger charge is -2.38. The number of likely N-dealkylation sites (N-methyl/N-ethyl adjacent to an activating group) is 1. The minimum atomic E-state index is -0.128. The molecule has 10 nitrogen and oxygen atoms in total. The first-order chi connectivity index (χ1) is 22.4. The van der Waals surface area contributed by atoms with E-state index in [4.69, 9.17) is 14.5 Å². The molecule has 46 heavy (non-hydrogen) atoms. The molecule has 3 unspecified atom stereocenters. The van der Waals surface area contributed by atoms with Gasteiger partial charge in [0.05, 0.1) is 5.56 Å². The van der Waals surface area contributed by atoms with Crippen molar-refractivity contribution in [1.82, 2.24) is 20.5 Å². The molecule has 7 rings (SSSR count). The largest absolute Gasteiger partial charge is 0.486 e. The quantitative estimate of drug-likeness (QED) is 0.407. The van der Waals surface area contributed by atoms with Crippen LogP contribution in [-0.2, 0) is 6.54 Å². The molecule has 2 saturated heterocycles. The van der Waals surface area contributed by atoms with Crippen LogP contribution in [0.1, 0.15) is 57.5 Å². The summed E-state index contributed by atoms with van der Waals surface area (Å²) in [5, 5.41) is 6.35. The summed E-state index contributed by atoms with van der Waals surface area (Å²) >= 11 is 0. The Labute approximate surface area is 271 Å². The zero-order valence-corrected chi connectivity index (χ0v) is 26.8. The molecule has 2 aromatic carbocycles. The van der Waals surface area contributed by atoms with Crippen LogP contribution in [0, 0.1) is 12.8 Å². The number of nitrogens with zero attached hydrogens (tertiary/aromatic N) is 4. The van der Waals surface area contributed by atoms with E-state index in [2.05, 4.69) is 56.6 Å². The highest BCUT2D eigenvalue weighted by molar-refractivity contribution is 5.97. The maximum absolute atomic E-state index is 13.3. The molecule has 4 aliphatic rings. The average molecular weight is 625 g/mol. The Balaban J connectivity index is 0.934. The van der Waals surface area contributed by atoms with E-state index >= 15 is 0 Å². The summed E-state index contributed by atoms with van der Waals surface area (Å²) in [7, 11) is 2.16. The third-order valence-corrected chi connectivity index (χ3v) is 10.1. The summed E-state index contributed by atoms with van der Waals surface area (Å²) < 4.78 is 11.5.